The molecular weight excluding hydrogens is 314 g/mol. The average Bonchev–Trinajstić information content (AvgIpc) is 2.85. The van der Waals surface area contributed by atoms with Gasteiger partial charge in [0.25, 0.3) is 5.91 Å². The number of nitrogens with zero attached hydrogens (tertiary/aromatic N) is 2. The Morgan fingerprint density at radius 3 is 2.61 bits per heavy atom. The molecule has 0 aliphatic carbocycles. The number of hydrazine groups is 1. The highest BCUT2D eigenvalue weighted by Crippen LogP contribution is 2.33. The zero-order valence-electron chi connectivity index (χ0n) is 12.5. The van der Waals surface area contributed by atoms with Crippen LogP contribution < -0.4 is 10.4 Å². The molecular formula is C17H16ClN3O2. The maximum absolute atomic E-state index is 12.7. The Morgan fingerprint density at radius 1 is 1.22 bits per heavy atom. The normalized spacial score (nSPS) is 19.4. The molecule has 1 amide bonds. The summed E-state index contributed by atoms with van der Waals surface area (Å²) in [5.41, 5.74) is 5.18. The molecule has 2 aromatic carbocycles. The summed E-state index contributed by atoms with van der Waals surface area (Å²) >= 11 is 6.06. The monoisotopic (exact) mass is 329 g/mol. The molecule has 1 aliphatic rings. The molecule has 0 aromatic heterocycles. The molecule has 2 N–H and O–H groups in total. The summed E-state index contributed by atoms with van der Waals surface area (Å²) in [5.74, 6) is -0.220. The SMILES string of the molecule is CN(O)C=C1C(=O)N(c2ccccc2)NC1c1cccc(Cl)c1. The summed E-state index contributed by atoms with van der Waals surface area (Å²) in [6.07, 6.45) is 1.41. The van der Waals surface area contributed by atoms with Crippen LogP contribution in [0.5, 0.6) is 0 Å². The smallest absolute Gasteiger partial charge is 0.272 e. The number of carbonyl (C=O) groups is 1. The number of carbonyl (C=O) groups excluding carboxylic acids is 1. The summed E-state index contributed by atoms with van der Waals surface area (Å²) in [4.78, 5) is 12.7. The van der Waals surface area contributed by atoms with Crippen LogP contribution in [0.1, 0.15) is 11.6 Å². The van der Waals surface area contributed by atoms with Gasteiger partial charge in [-0.2, -0.15) is 0 Å². The highest BCUT2D eigenvalue weighted by Gasteiger charge is 2.37. The van der Waals surface area contributed by atoms with E-state index in [1.54, 1.807) is 12.1 Å². The standard InChI is InChI=1S/C17H16ClN3O2/c1-20(23)11-15-16(12-6-5-7-13(18)10-12)19-21(17(15)22)14-8-3-2-4-9-14/h2-11,16,19,23H,1H3. The van der Waals surface area contributed by atoms with Crippen LogP contribution in [-0.4, -0.2) is 23.2 Å². The number of amides is 1. The van der Waals surface area contributed by atoms with Crippen LogP contribution in [-0.2, 0) is 4.79 Å². The molecule has 1 unspecified atom stereocenters. The van der Waals surface area contributed by atoms with E-state index >= 15 is 0 Å². The molecule has 0 saturated carbocycles. The second-order valence-electron chi connectivity index (χ2n) is 5.25. The van der Waals surface area contributed by atoms with Crippen molar-refractivity contribution in [1.29, 1.82) is 0 Å². The number of hydrogen-bond acceptors (Lipinski definition) is 4. The summed E-state index contributed by atoms with van der Waals surface area (Å²) in [5, 5.41) is 12.5. The molecule has 118 valence electrons. The highest BCUT2D eigenvalue weighted by atomic mass is 35.5. The van der Waals surface area contributed by atoms with Gasteiger partial charge in [0.2, 0.25) is 0 Å². The molecule has 3 rings (SSSR count). The first-order valence-corrected chi connectivity index (χ1v) is 7.48. The molecule has 0 bridgehead atoms. The van der Waals surface area contributed by atoms with Crippen LogP contribution >= 0.6 is 11.6 Å². The van der Waals surface area contributed by atoms with E-state index in [9.17, 15) is 10.0 Å². The Morgan fingerprint density at radius 2 is 1.96 bits per heavy atom. The van der Waals surface area contributed by atoms with Crippen molar-refractivity contribution < 1.29 is 10.0 Å². The molecule has 5 nitrogen and oxygen atoms in total. The number of rotatable bonds is 3. The number of hydroxylamine groups is 2. The van der Waals surface area contributed by atoms with Crippen LogP contribution in [0.3, 0.4) is 0 Å². The van der Waals surface area contributed by atoms with Gasteiger partial charge in [0.15, 0.2) is 0 Å². The van der Waals surface area contributed by atoms with Crippen molar-refractivity contribution in [1.82, 2.24) is 10.5 Å². The molecule has 0 spiro atoms. The Kier molecular flexibility index (Phi) is 4.34. The van der Waals surface area contributed by atoms with Crippen molar-refractivity contribution in [2.24, 2.45) is 0 Å². The lowest BCUT2D eigenvalue weighted by Crippen LogP contribution is -2.35. The minimum absolute atomic E-state index is 0.220. The summed E-state index contributed by atoms with van der Waals surface area (Å²) in [7, 11) is 1.46. The third-order valence-electron chi connectivity index (χ3n) is 3.54. The molecule has 6 heteroatoms. The number of nitrogens with one attached hydrogen (secondary N) is 1. The van der Waals surface area contributed by atoms with Crippen LogP contribution in [0.4, 0.5) is 5.69 Å². The van der Waals surface area contributed by atoms with E-state index in [1.807, 2.05) is 42.5 Å². The van der Waals surface area contributed by atoms with Crippen LogP contribution in [0.25, 0.3) is 0 Å². The van der Waals surface area contributed by atoms with Crippen molar-refractivity contribution in [3.8, 4) is 0 Å². The van der Waals surface area contributed by atoms with E-state index < -0.39 is 6.04 Å². The predicted molar refractivity (Wildman–Crippen MR) is 88.9 cm³/mol. The molecule has 1 heterocycles. The van der Waals surface area contributed by atoms with Gasteiger partial charge >= 0.3 is 0 Å². The van der Waals surface area contributed by atoms with E-state index in [-0.39, 0.29) is 5.91 Å². The zero-order valence-corrected chi connectivity index (χ0v) is 13.2. The van der Waals surface area contributed by atoms with E-state index in [0.29, 0.717) is 10.6 Å². The van der Waals surface area contributed by atoms with Crippen molar-refractivity contribution >= 4 is 23.2 Å². The first kappa shape index (κ1) is 15.6. The van der Waals surface area contributed by atoms with Crippen LogP contribution in [0.15, 0.2) is 66.4 Å². The van der Waals surface area contributed by atoms with Gasteiger partial charge in [0.05, 0.1) is 17.3 Å². The first-order valence-electron chi connectivity index (χ1n) is 7.11. The Hall–Kier alpha value is -2.34. The number of hydrogen-bond donors (Lipinski definition) is 2. The van der Waals surface area contributed by atoms with Gasteiger partial charge in [0.1, 0.15) is 0 Å². The van der Waals surface area contributed by atoms with Gasteiger partial charge in [-0.25, -0.2) is 10.4 Å². The second-order valence-corrected chi connectivity index (χ2v) is 5.69. The van der Waals surface area contributed by atoms with Crippen LogP contribution in [0.2, 0.25) is 5.02 Å². The highest BCUT2D eigenvalue weighted by molar-refractivity contribution is 6.30. The van der Waals surface area contributed by atoms with Crippen molar-refractivity contribution in [3.63, 3.8) is 0 Å². The van der Waals surface area contributed by atoms with Gasteiger partial charge < -0.3 is 0 Å². The Labute approximate surface area is 139 Å². The van der Waals surface area contributed by atoms with Gasteiger partial charge in [-0.1, -0.05) is 41.9 Å². The van der Waals surface area contributed by atoms with Crippen molar-refractivity contribution in [3.05, 3.63) is 77.0 Å². The maximum Gasteiger partial charge on any atom is 0.272 e. The van der Waals surface area contributed by atoms with Gasteiger partial charge in [0, 0.05) is 18.3 Å². The second kappa shape index (κ2) is 6.42. The molecule has 1 atom stereocenters. The molecule has 1 aliphatic heterocycles. The van der Waals surface area contributed by atoms with E-state index in [0.717, 1.165) is 16.3 Å². The third kappa shape index (κ3) is 3.22. The van der Waals surface area contributed by atoms with E-state index in [2.05, 4.69) is 5.43 Å². The van der Waals surface area contributed by atoms with Gasteiger partial charge in [-0.3, -0.25) is 15.1 Å². The number of para-hydroxylation sites is 1. The van der Waals surface area contributed by atoms with Gasteiger partial charge in [-0.05, 0) is 29.8 Å². The minimum atomic E-state index is -0.393. The average molecular weight is 330 g/mol. The summed E-state index contributed by atoms with van der Waals surface area (Å²) < 4.78 is 0. The van der Waals surface area contributed by atoms with Crippen LogP contribution in [0, 0.1) is 0 Å². The predicted octanol–water partition coefficient (Wildman–Crippen LogP) is 3.14. The summed E-state index contributed by atoms with van der Waals surface area (Å²) in [6.45, 7) is 0. The molecule has 1 saturated heterocycles. The Bertz CT molecular complexity index is 747. The minimum Gasteiger partial charge on any atom is -0.289 e. The quantitative estimate of drug-likeness (QED) is 0.671. The fourth-order valence-electron chi connectivity index (χ4n) is 2.55. The van der Waals surface area contributed by atoms with E-state index in [4.69, 9.17) is 11.6 Å². The third-order valence-corrected chi connectivity index (χ3v) is 3.78. The van der Waals surface area contributed by atoms with Crippen molar-refractivity contribution in [2.45, 2.75) is 6.04 Å². The van der Waals surface area contributed by atoms with Gasteiger partial charge in [-0.15, -0.1) is 0 Å². The maximum atomic E-state index is 12.7. The number of anilines is 1. The fraction of sp³-hybridized carbons (Fsp3) is 0.118. The zero-order chi connectivity index (χ0) is 16.4. The van der Waals surface area contributed by atoms with E-state index in [1.165, 1.54) is 18.3 Å². The lowest BCUT2D eigenvalue weighted by Gasteiger charge is -2.17. The number of benzene rings is 2. The topological polar surface area (TPSA) is 55.8 Å². The van der Waals surface area contributed by atoms with Crippen molar-refractivity contribution in [2.75, 3.05) is 12.1 Å². The Balaban J connectivity index is 2.02. The molecule has 2 aromatic rings. The molecule has 0 radical (unpaired) electrons. The lowest BCUT2D eigenvalue weighted by molar-refractivity contribution is -0.114. The molecule has 1 fully saturated rings. The summed E-state index contributed by atoms with van der Waals surface area (Å²) in [6, 6.07) is 16.2. The largest absolute Gasteiger partial charge is 0.289 e. The number of halogens is 1. The first-order chi connectivity index (χ1) is 11.1. The molecule has 23 heavy (non-hydrogen) atoms. The lowest BCUT2D eigenvalue weighted by atomic mass is 10.0. The fourth-order valence-corrected chi connectivity index (χ4v) is 2.75.